The van der Waals surface area contributed by atoms with Crippen LogP contribution in [0.5, 0.6) is 0 Å². The molecule has 0 aliphatic heterocycles. The van der Waals surface area contributed by atoms with Gasteiger partial charge in [-0.25, -0.2) is 4.98 Å². The number of aromatic nitrogens is 4. The first-order valence-electron chi connectivity index (χ1n) is 5.36. The van der Waals surface area contributed by atoms with E-state index < -0.39 is 0 Å². The Hall–Kier alpha value is -2.36. The molecule has 2 aromatic heterocycles. The quantitative estimate of drug-likeness (QED) is 0.670. The monoisotopic (exact) mass is 226 g/mol. The summed E-state index contributed by atoms with van der Waals surface area (Å²) in [4.78, 5) is 6.42. The summed E-state index contributed by atoms with van der Waals surface area (Å²) in [6.07, 6.45) is 5.08. The SMILES string of the molecule is Cc1cc(-c2ccccc2)n[nH]1.c1c[nH]cn1. The van der Waals surface area contributed by atoms with Gasteiger partial charge in [-0.1, -0.05) is 30.3 Å². The molecule has 0 spiro atoms. The highest BCUT2D eigenvalue weighted by atomic mass is 15.1. The molecule has 86 valence electrons. The standard InChI is InChI=1S/C10H10N2.C3H4N2/c1-8-7-10(12-11-8)9-5-3-2-4-6-9;1-2-5-3-4-1/h2-7H,1H3,(H,11,12);1-3H,(H,4,5). The minimum Gasteiger partial charge on any atom is -0.351 e. The molecule has 0 amide bonds. The number of imidazole rings is 1. The fourth-order valence-corrected chi connectivity index (χ4v) is 1.39. The summed E-state index contributed by atoms with van der Waals surface area (Å²) in [6.45, 7) is 2.00. The minimum atomic E-state index is 1.01. The molecule has 1 aromatic carbocycles. The van der Waals surface area contributed by atoms with Gasteiger partial charge in [0.2, 0.25) is 0 Å². The molecule has 0 unspecified atom stereocenters. The van der Waals surface area contributed by atoms with E-state index in [1.165, 1.54) is 0 Å². The molecule has 3 aromatic rings. The number of hydrogen-bond donors (Lipinski definition) is 2. The van der Waals surface area contributed by atoms with E-state index in [4.69, 9.17) is 0 Å². The molecule has 0 saturated carbocycles. The predicted molar refractivity (Wildman–Crippen MR) is 67.3 cm³/mol. The normalized spacial score (nSPS) is 9.47. The molecule has 0 fully saturated rings. The van der Waals surface area contributed by atoms with Crippen LogP contribution in [0.2, 0.25) is 0 Å². The lowest BCUT2D eigenvalue weighted by Gasteiger charge is -1.92. The van der Waals surface area contributed by atoms with Gasteiger partial charge in [0.1, 0.15) is 0 Å². The second kappa shape index (κ2) is 5.65. The van der Waals surface area contributed by atoms with Gasteiger partial charge in [0.25, 0.3) is 0 Å². The van der Waals surface area contributed by atoms with Crippen LogP contribution in [0.3, 0.4) is 0 Å². The highest BCUT2D eigenvalue weighted by molar-refractivity contribution is 5.58. The molecule has 0 bridgehead atoms. The van der Waals surface area contributed by atoms with Gasteiger partial charge in [-0.15, -0.1) is 0 Å². The summed E-state index contributed by atoms with van der Waals surface area (Å²) in [6, 6.07) is 12.2. The number of hydrogen-bond acceptors (Lipinski definition) is 2. The minimum absolute atomic E-state index is 1.01. The van der Waals surface area contributed by atoms with E-state index in [0.717, 1.165) is 17.0 Å². The van der Waals surface area contributed by atoms with Crippen LogP contribution in [0, 0.1) is 6.92 Å². The summed E-state index contributed by atoms with van der Waals surface area (Å²) in [5, 5.41) is 7.08. The number of rotatable bonds is 1. The van der Waals surface area contributed by atoms with Crippen molar-refractivity contribution in [3.05, 3.63) is 60.8 Å². The van der Waals surface area contributed by atoms with Crippen molar-refractivity contribution in [2.45, 2.75) is 6.92 Å². The maximum atomic E-state index is 4.16. The van der Waals surface area contributed by atoms with Gasteiger partial charge in [0, 0.05) is 23.7 Å². The van der Waals surface area contributed by atoms with Gasteiger partial charge in [-0.3, -0.25) is 5.10 Å². The zero-order valence-electron chi connectivity index (χ0n) is 9.59. The molecule has 0 atom stereocenters. The van der Waals surface area contributed by atoms with Crippen molar-refractivity contribution in [3.63, 3.8) is 0 Å². The largest absolute Gasteiger partial charge is 0.351 e. The van der Waals surface area contributed by atoms with Crippen molar-refractivity contribution in [3.8, 4) is 11.3 Å². The number of nitrogens with zero attached hydrogens (tertiary/aromatic N) is 2. The third-order valence-corrected chi connectivity index (χ3v) is 2.18. The Bertz CT molecular complexity index is 508. The average Bonchev–Trinajstić information content (AvgIpc) is 3.04. The maximum absolute atomic E-state index is 4.16. The Kier molecular flexibility index (Phi) is 3.70. The average molecular weight is 226 g/mol. The molecule has 2 heterocycles. The Morgan fingerprint density at radius 3 is 2.41 bits per heavy atom. The molecule has 0 aliphatic rings. The zero-order valence-corrected chi connectivity index (χ0v) is 9.59. The van der Waals surface area contributed by atoms with Crippen LogP contribution in [0.4, 0.5) is 0 Å². The summed E-state index contributed by atoms with van der Waals surface area (Å²) >= 11 is 0. The third kappa shape index (κ3) is 3.31. The van der Waals surface area contributed by atoms with Crippen molar-refractivity contribution in [1.29, 1.82) is 0 Å². The molecule has 0 radical (unpaired) electrons. The molecule has 0 saturated heterocycles. The second-order valence-electron chi connectivity index (χ2n) is 3.56. The zero-order chi connectivity index (χ0) is 11.9. The molecule has 17 heavy (non-hydrogen) atoms. The van der Waals surface area contributed by atoms with E-state index >= 15 is 0 Å². The first kappa shape index (κ1) is 11.1. The van der Waals surface area contributed by atoms with Crippen molar-refractivity contribution < 1.29 is 0 Å². The van der Waals surface area contributed by atoms with E-state index in [1.807, 2.05) is 31.2 Å². The molecule has 4 nitrogen and oxygen atoms in total. The van der Waals surface area contributed by atoms with Crippen LogP contribution in [-0.4, -0.2) is 20.2 Å². The van der Waals surface area contributed by atoms with E-state index in [1.54, 1.807) is 18.7 Å². The van der Waals surface area contributed by atoms with Gasteiger partial charge in [-0.05, 0) is 13.0 Å². The van der Waals surface area contributed by atoms with Gasteiger partial charge in [0.15, 0.2) is 0 Å². The van der Waals surface area contributed by atoms with Crippen molar-refractivity contribution >= 4 is 0 Å². The lowest BCUT2D eigenvalue weighted by atomic mass is 10.1. The highest BCUT2D eigenvalue weighted by Gasteiger charge is 1.98. The van der Waals surface area contributed by atoms with Crippen LogP contribution in [-0.2, 0) is 0 Å². The second-order valence-corrected chi connectivity index (χ2v) is 3.56. The van der Waals surface area contributed by atoms with Gasteiger partial charge < -0.3 is 4.98 Å². The molecular formula is C13H14N4. The molecule has 4 heteroatoms. The van der Waals surface area contributed by atoms with Crippen LogP contribution in [0.25, 0.3) is 11.3 Å². The third-order valence-electron chi connectivity index (χ3n) is 2.18. The van der Waals surface area contributed by atoms with E-state index in [9.17, 15) is 0 Å². The highest BCUT2D eigenvalue weighted by Crippen LogP contribution is 2.15. The smallest absolute Gasteiger partial charge is 0.0923 e. The Labute approximate surface area is 99.7 Å². The van der Waals surface area contributed by atoms with Crippen LogP contribution < -0.4 is 0 Å². The van der Waals surface area contributed by atoms with Gasteiger partial charge >= 0.3 is 0 Å². The van der Waals surface area contributed by atoms with Crippen LogP contribution in [0.15, 0.2) is 55.1 Å². The molecule has 3 rings (SSSR count). The predicted octanol–water partition coefficient (Wildman–Crippen LogP) is 2.79. The number of nitrogens with one attached hydrogen (secondary N) is 2. The molecule has 2 N–H and O–H groups in total. The lowest BCUT2D eigenvalue weighted by Crippen LogP contribution is -1.75. The van der Waals surface area contributed by atoms with Crippen molar-refractivity contribution in [2.75, 3.05) is 0 Å². The number of benzene rings is 1. The van der Waals surface area contributed by atoms with Gasteiger partial charge in [0.05, 0.1) is 12.0 Å². The summed E-state index contributed by atoms with van der Waals surface area (Å²) < 4.78 is 0. The molecular weight excluding hydrogens is 212 g/mol. The maximum Gasteiger partial charge on any atom is 0.0923 e. The fraction of sp³-hybridized carbons (Fsp3) is 0.0769. The van der Waals surface area contributed by atoms with E-state index in [-0.39, 0.29) is 0 Å². The van der Waals surface area contributed by atoms with E-state index in [2.05, 4.69) is 32.3 Å². The topological polar surface area (TPSA) is 57.4 Å². The number of aryl methyl sites for hydroxylation is 1. The number of aromatic amines is 2. The summed E-state index contributed by atoms with van der Waals surface area (Å²) in [7, 11) is 0. The first-order chi connectivity index (χ1) is 8.36. The number of H-pyrrole nitrogens is 2. The molecule has 0 aliphatic carbocycles. The lowest BCUT2D eigenvalue weighted by molar-refractivity contribution is 1.05. The first-order valence-corrected chi connectivity index (χ1v) is 5.36. The van der Waals surface area contributed by atoms with Gasteiger partial charge in [-0.2, -0.15) is 5.10 Å². The van der Waals surface area contributed by atoms with Crippen molar-refractivity contribution in [1.82, 2.24) is 20.2 Å². The van der Waals surface area contributed by atoms with E-state index in [0.29, 0.717) is 0 Å². The van der Waals surface area contributed by atoms with Crippen LogP contribution >= 0.6 is 0 Å². The fourth-order valence-electron chi connectivity index (χ4n) is 1.39. The van der Waals surface area contributed by atoms with Crippen LogP contribution in [0.1, 0.15) is 5.69 Å². The Morgan fingerprint density at radius 1 is 1.12 bits per heavy atom. The summed E-state index contributed by atoms with van der Waals surface area (Å²) in [5.74, 6) is 0. The summed E-state index contributed by atoms with van der Waals surface area (Å²) in [5.41, 5.74) is 3.25. The van der Waals surface area contributed by atoms with Crippen molar-refractivity contribution in [2.24, 2.45) is 0 Å². The Morgan fingerprint density at radius 2 is 1.94 bits per heavy atom. The Balaban J connectivity index is 0.000000181.